The van der Waals surface area contributed by atoms with Gasteiger partial charge in [0, 0.05) is 6.54 Å². The Morgan fingerprint density at radius 3 is 2.71 bits per heavy atom. The molecule has 3 rings (SSSR count). The van der Waals surface area contributed by atoms with Crippen LogP contribution in [0, 0.1) is 5.92 Å². The zero-order chi connectivity index (χ0) is 13.8. The molecule has 1 unspecified atom stereocenters. The predicted octanol–water partition coefficient (Wildman–Crippen LogP) is 2.47. The van der Waals surface area contributed by atoms with Crippen LogP contribution in [0.3, 0.4) is 0 Å². The molecule has 2 N–H and O–H groups in total. The summed E-state index contributed by atoms with van der Waals surface area (Å²) in [5.41, 5.74) is 1.76. The molecule has 0 aliphatic carbocycles. The molecule has 1 atom stereocenters. The van der Waals surface area contributed by atoms with Gasteiger partial charge in [0.1, 0.15) is 0 Å². The van der Waals surface area contributed by atoms with Gasteiger partial charge in [0.15, 0.2) is 5.82 Å². The van der Waals surface area contributed by atoms with E-state index in [-0.39, 0.29) is 12.4 Å². The van der Waals surface area contributed by atoms with E-state index in [4.69, 9.17) is 4.74 Å². The Morgan fingerprint density at radius 1 is 1.29 bits per heavy atom. The highest BCUT2D eigenvalue weighted by atomic mass is 35.5. The van der Waals surface area contributed by atoms with Crippen molar-refractivity contribution < 1.29 is 4.74 Å². The van der Waals surface area contributed by atoms with E-state index in [0.29, 0.717) is 18.4 Å². The quantitative estimate of drug-likeness (QED) is 0.888. The fraction of sp³-hybridized carbons (Fsp3) is 0.467. The Kier molecular flexibility index (Phi) is 5.59. The van der Waals surface area contributed by atoms with Crippen LogP contribution in [0.15, 0.2) is 24.3 Å². The number of anilines is 1. The molecule has 2 heterocycles. The van der Waals surface area contributed by atoms with Gasteiger partial charge in [-0.15, -0.1) is 12.4 Å². The molecule has 0 amide bonds. The summed E-state index contributed by atoms with van der Waals surface area (Å²) in [5, 5.41) is 6.76. The minimum Gasteiger partial charge on any atom is -0.475 e. The van der Waals surface area contributed by atoms with Crippen molar-refractivity contribution in [3.8, 4) is 5.88 Å². The third-order valence-electron chi connectivity index (χ3n) is 3.54. The second-order valence-electron chi connectivity index (χ2n) is 5.04. The molecule has 1 aromatic carbocycles. The molecule has 114 valence electrons. The first kappa shape index (κ1) is 15.8. The van der Waals surface area contributed by atoms with Gasteiger partial charge in [0.25, 0.3) is 5.88 Å². The summed E-state index contributed by atoms with van der Waals surface area (Å²) in [6, 6.07) is 7.86. The molecule has 1 saturated heterocycles. The van der Waals surface area contributed by atoms with E-state index in [1.165, 1.54) is 6.42 Å². The zero-order valence-corrected chi connectivity index (χ0v) is 12.9. The number of halogens is 1. The normalized spacial score (nSPS) is 17.5. The van der Waals surface area contributed by atoms with Gasteiger partial charge >= 0.3 is 0 Å². The Labute approximate surface area is 130 Å². The number of para-hydroxylation sites is 2. The number of rotatable bonds is 5. The molecule has 1 aliphatic rings. The average Bonchev–Trinajstić information content (AvgIpc) is 2.98. The SMILES string of the molecule is CCOc1nc2ccccc2nc1NCC1CCNC1.Cl. The molecule has 21 heavy (non-hydrogen) atoms. The molecule has 1 aliphatic heterocycles. The molecule has 0 bridgehead atoms. The summed E-state index contributed by atoms with van der Waals surface area (Å²) >= 11 is 0. The van der Waals surface area contributed by atoms with Gasteiger partial charge in [0.05, 0.1) is 17.6 Å². The van der Waals surface area contributed by atoms with E-state index in [0.717, 1.165) is 36.5 Å². The van der Waals surface area contributed by atoms with Gasteiger partial charge in [-0.1, -0.05) is 12.1 Å². The number of aromatic nitrogens is 2. The molecule has 0 saturated carbocycles. The van der Waals surface area contributed by atoms with Gasteiger partial charge in [-0.3, -0.25) is 0 Å². The lowest BCUT2D eigenvalue weighted by atomic mass is 10.1. The molecule has 0 radical (unpaired) electrons. The van der Waals surface area contributed by atoms with Crippen LogP contribution >= 0.6 is 12.4 Å². The van der Waals surface area contributed by atoms with Crippen molar-refractivity contribution in [1.29, 1.82) is 0 Å². The molecule has 1 aromatic heterocycles. The van der Waals surface area contributed by atoms with E-state index in [1.807, 2.05) is 31.2 Å². The number of benzene rings is 1. The lowest BCUT2D eigenvalue weighted by Gasteiger charge is -2.14. The van der Waals surface area contributed by atoms with E-state index >= 15 is 0 Å². The van der Waals surface area contributed by atoms with Gasteiger partial charge in [-0.05, 0) is 44.5 Å². The summed E-state index contributed by atoms with van der Waals surface area (Å²) in [4.78, 5) is 9.18. The minimum absolute atomic E-state index is 0. The van der Waals surface area contributed by atoms with Crippen LogP contribution in [-0.4, -0.2) is 36.2 Å². The fourth-order valence-electron chi connectivity index (χ4n) is 2.47. The number of ether oxygens (including phenoxy) is 1. The number of nitrogens with zero attached hydrogens (tertiary/aromatic N) is 2. The smallest absolute Gasteiger partial charge is 0.258 e. The molecule has 1 fully saturated rings. The summed E-state index contributed by atoms with van der Waals surface area (Å²) in [7, 11) is 0. The first-order valence-corrected chi connectivity index (χ1v) is 7.21. The molecular weight excluding hydrogens is 288 g/mol. The lowest BCUT2D eigenvalue weighted by molar-refractivity contribution is 0.328. The van der Waals surface area contributed by atoms with Gasteiger partial charge in [0.2, 0.25) is 0 Å². The summed E-state index contributed by atoms with van der Waals surface area (Å²) in [6.07, 6.45) is 1.21. The number of hydrogen-bond donors (Lipinski definition) is 2. The van der Waals surface area contributed by atoms with Crippen molar-refractivity contribution in [2.24, 2.45) is 5.92 Å². The summed E-state index contributed by atoms with van der Waals surface area (Å²) in [5.74, 6) is 1.99. The van der Waals surface area contributed by atoms with Crippen molar-refractivity contribution in [1.82, 2.24) is 15.3 Å². The number of fused-ring (bicyclic) bond motifs is 1. The van der Waals surface area contributed by atoms with Crippen molar-refractivity contribution in [3.05, 3.63) is 24.3 Å². The van der Waals surface area contributed by atoms with Crippen LogP contribution in [-0.2, 0) is 0 Å². The van der Waals surface area contributed by atoms with Crippen molar-refractivity contribution in [3.63, 3.8) is 0 Å². The monoisotopic (exact) mass is 308 g/mol. The van der Waals surface area contributed by atoms with E-state index < -0.39 is 0 Å². The fourth-order valence-corrected chi connectivity index (χ4v) is 2.47. The Morgan fingerprint density at radius 2 is 2.05 bits per heavy atom. The summed E-state index contributed by atoms with van der Waals surface area (Å²) < 4.78 is 5.61. The highest BCUT2D eigenvalue weighted by molar-refractivity contribution is 5.85. The molecule has 0 spiro atoms. The molecular formula is C15H21ClN4O. The number of nitrogens with one attached hydrogen (secondary N) is 2. The Bertz CT molecular complexity index is 587. The number of hydrogen-bond acceptors (Lipinski definition) is 5. The van der Waals surface area contributed by atoms with Crippen LogP contribution in [0.2, 0.25) is 0 Å². The highest BCUT2D eigenvalue weighted by Gasteiger charge is 2.16. The van der Waals surface area contributed by atoms with Crippen LogP contribution < -0.4 is 15.4 Å². The highest BCUT2D eigenvalue weighted by Crippen LogP contribution is 2.24. The van der Waals surface area contributed by atoms with Crippen LogP contribution in [0.25, 0.3) is 11.0 Å². The van der Waals surface area contributed by atoms with Crippen molar-refractivity contribution in [2.75, 3.05) is 31.6 Å². The standard InChI is InChI=1S/C15H20N4O.ClH/c1-2-20-15-14(17-10-11-7-8-16-9-11)18-12-5-3-4-6-13(12)19-15;/h3-6,11,16H,2,7-10H2,1H3,(H,17,18);1H. The third-order valence-corrected chi connectivity index (χ3v) is 3.54. The van der Waals surface area contributed by atoms with E-state index in [1.54, 1.807) is 0 Å². The second-order valence-corrected chi connectivity index (χ2v) is 5.04. The lowest BCUT2D eigenvalue weighted by Crippen LogP contribution is -2.18. The third kappa shape index (κ3) is 3.74. The first-order valence-electron chi connectivity index (χ1n) is 7.21. The Balaban J connectivity index is 0.00000161. The average molecular weight is 309 g/mol. The maximum Gasteiger partial charge on any atom is 0.258 e. The van der Waals surface area contributed by atoms with Crippen LogP contribution in [0.5, 0.6) is 5.88 Å². The summed E-state index contributed by atoms with van der Waals surface area (Å²) in [6.45, 7) is 5.63. The first-order chi connectivity index (χ1) is 9.86. The predicted molar refractivity (Wildman–Crippen MR) is 87.4 cm³/mol. The molecule has 5 nitrogen and oxygen atoms in total. The topological polar surface area (TPSA) is 59.1 Å². The molecule has 6 heteroatoms. The largest absolute Gasteiger partial charge is 0.475 e. The van der Waals surface area contributed by atoms with Gasteiger partial charge in [-0.2, -0.15) is 0 Å². The molecule has 2 aromatic rings. The zero-order valence-electron chi connectivity index (χ0n) is 12.1. The van der Waals surface area contributed by atoms with Crippen LogP contribution in [0.1, 0.15) is 13.3 Å². The van der Waals surface area contributed by atoms with Crippen LogP contribution in [0.4, 0.5) is 5.82 Å². The van der Waals surface area contributed by atoms with Crippen molar-refractivity contribution in [2.45, 2.75) is 13.3 Å². The van der Waals surface area contributed by atoms with Crippen molar-refractivity contribution >= 4 is 29.3 Å². The minimum atomic E-state index is 0. The van der Waals surface area contributed by atoms with Gasteiger partial charge < -0.3 is 15.4 Å². The second kappa shape index (κ2) is 7.43. The van der Waals surface area contributed by atoms with Gasteiger partial charge in [-0.25, -0.2) is 9.97 Å². The maximum absolute atomic E-state index is 5.61. The Hall–Kier alpha value is -1.59. The van der Waals surface area contributed by atoms with E-state index in [2.05, 4.69) is 20.6 Å². The maximum atomic E-state index is 5.61. The van der Waals surface area contributed by atoms with E-state index in [9.17, 15) is 0 Å².